The van der Waals surface area contributed by atoms with Gasteiger partial charge < -0.3 is 0 Å². The van der Waals surface area contributed by atoms with Gasteiger partial charge in [-0.2, -0.15) is 0 Å². The van der Waals surface area contributed by atoms with E-state index in [2.05, 4.69) is 17.1 Å². The maximum Gasteiger partial charge on any atom is 0.152 e. The fourth-order valence-corrected chi connectivity index (χ4v) is 1.72. The smallest absolute Gasteiger partial charge is 0.152 e. The third kappa shape index (κ3) is 1.88. The first-order valence-corrected chi connectivity index (χ1v) is 5.44. The minimum Gasteiger partial charge on any atom is -0.282 e. The minimum atomic E-state index is 0.377. The van der Waals surface area contributed by atoms with Gasteiger partial charge in [-0.1, -0.05) is 25.1 Å². The first-order valence-electron chi connectivity index (χ1n) is 4.91. The summed E-state index contributed by atoms with van der Waals surface area (Å²) in [6.45, 7) is 2.06. The van der Waals surface area contributed by atoms with E-state index >= 15 is 0 Å². The van der Waals surface area contributed by atoms with Gasteiger partial charge in [-0.15, -0.1) is 21.8 Å². The number of nitrogens with zero attached hydrogens (tertiary/aromatic N) is 3. The van der Waals surface area contributed by atoms with Crippen molar-refractivity contribution in [3.05, 3.63) is 42.0 Å². The Balaban J connectivity index is 2.55. The second-order valence-corrected chi connectivity index (χ2v) is 3.46. The molecule has 0 fully saturated rings. The van der Waals surface area contributed by atoms with Gasteiger partial charge in [0, 0.05) is 12.1 Å². The molecule has 3 nitrogen and oxygen atoms in total. The Morgan fingerprint density at radius 1 is 1.13 bits per heavy atom. The van der Waals surface area contributed by atoms with Crippen LogP contribution in [0.4, 0.5) is 0 Å². The molecule has 1 aromatic heterocycles. The van der Waals surface area contributed by atoms with Crippen LogP contribution in [0.2, 0.25) is 0 Å². The highest BCUT2D eigenvalue weighted by atomic mass is 35.5. The van der Waals surface area contributed by atoms with Gasteiger partial charge in [0.1, 0.15) is 5.82 Å². The van der Waals surface area contributed by atoms with Crippen molar-refractivity contribution < 1.29 is 0 Å². The van der Waals surface area contributed by atoms with E-state index in [0.29, 0.717) is 5.88 Å². The molecular formula is C11H12ClN3. The molecule has 1 heterocycles. The second-order valence-electron chi connectivity index (χ2n) is 3.19. The van der Waals surface area contributed by atoms with Crippen molar-refractivity contribution in [2.45, 2.75) is 19.2 Å². The van der Waals surface area contributed by atoms with Crippen LogP contribution in [0.1, 0.15) is 18.6 Å². The molecule has 4 heteroatoms. The van der Waals surface area contributed by atoms with Crippen LogP contribution >= 0.6 is 11.6 Å². The van der Waals surface area contributed by atoms with E-state index in [9.17, 15) is 0 Å². The average Bonchev–Trinajstić information content (AvgIpc) is 2.72. The van der Waals surface area contributed by atoms with Gasteiger partial charge in [-0.05, 0) is 12.1 Å². The van der Waals surface area contributed by atoms with Gasteiger partial charge in [0.05, 0.1) is 5.88 Å². The number of halogens is 1. The molecular weight excluding hydrogens is 210 g/mol. The van der Waals surface area contributed by atoms with Crippen LogP contribution in [0.25, 0.3) is 5.69 Å². The molecule has 1 aromatic carbocycles. The van der Waals surface area contributed by atoms with Crippen molar-refractivity contribution in [3.8, 4) is 5.69 Å². The molecule has 0 atom stereocenters. The Kier molecular flexibility index (Phi) is 3.02. The molecule has 0 N–H and O–H groups in total. The predicted octanol–water partition coefficient (Wildman–Crippen LogP) is 2.57. The van der Waals surface area contributed by atoms with Crippen molar-refractivity contribution >= 4 is 11.6 Å². The summed E-state index contributed by atoms with van der Waals surface area (Å²) >= 11 is 5.83. The van der Waals surface area contributed by atoms with Gasteiger partial charge in [0.15, 0.2) is 5.82 Å². The van der Waals surface area contributed by atoms with Crippen molar-refractivity contribution in [1.29, 1.82) is 0 Å². The Morgan fingerprint density at radius 2 is 1.80 bits per heavy atom. The molecule has 2 rings (SSSR count). The number of aryl methyl sites for hydroxylation is 1. The molecule has 15 heavy (non-hydrogen) atoms. The number of hydrogen-bond donors (Lipinski definition) is 0. The number of rotatable bonds is 3. The molecule has 0 bridgehead atoms. The molecule has 0 radical (unpaired) electrons. The zero-order chi connectivity index (χ0) is 10.7. The molecule has 0 saturated heterocycles. The maximum atomic E-state index is 5.83. The largest absolute Gasteiger partial charge is 0.282 e. The molecule has 2 aromatic rings. The first kappa shape index (κ1) is 10.2. The lowest BCUT2D eigenvalue weighted by Crippen LogP contribution is -2.03. The van der Waals surface area contributed by atoms with Gasteiger partial charge >= 0.3 is 0 Å². The summed E-state index contributed by atoms with van der Waals surface area (Å²) in [5, 5.41) is 8.17. The normalized spacial score (nSPS) is 10.5. The summed E-state index contributed by atoms with van der Waals surface area (Å²) in [6, 6.07) is 10.0. The Bertz CT molecular complexity index is 415. The summed E-state index contributed by atoms with van der Waals surface area (Å²) < 4.78 is 2.01. The number of benzene rings is 1. The second kappa shape index (κ2) is 4.45. The first-order chi connectivity index (χ1) is 7.36. The number of hydrogen-bond acceptors (Lipinski definition) is 2. The average molecular weight is 222 g/mol. The molecule has 0 aliphatic heterocycles. The van der Waals surface area contributed by atoms with E-state index < -0.39 is 0 Å². The highest BCUT2D eigenvalue weighted by Crippen LogP contribution is 2.14. The third-order valence-corrected chi connectivity index (χ3v) is 2.49. The Hall–Kier alpha value is -1.35. The molecule has 0 amide bonds. The minimum absolute atomic E-state index is 0.377. The molecule has 0 spiro atoms. The molecule has 78 valence electrons. The van der Waals surface area contributed by atoms with Crippen LogP contribution in [0.3, 0.4) is 0 Å². The van der Waals surface area contributed by atoms with Gasteiger partial charge in [-0.3, -0.25) is 4.57 Å². The summed E-state index contributed by atoms with van der Waals surface area (Å²) in [7, 11) is 0. The van der Waals surface area contributed by atoms with E-state index in [-0.39, 0.29) is 0 Å². The summed E-state index contributed by atoms with van der Waals surface area (Å²) in [4.78, 5) is 0. The van der Waals surface area contributed by atoms with Crippen LogP contribution in [-0.2, 0) is 12.3 Å². The third-order valence-electron chi connectivity index (χ3n) is 2.25. The van der Waals surface area contributed by atoms with Crippen LogP contribution in [0.15, 0.2) is 30.3 Å². The molecule has 0 aliphatic carbocycles. The quantitative estimate of drug-likeness (QED) is 0.746. The zero-order valence-electron chi connectivity index (χ0n) is 8.52. The Morgan fingerprint density at radius 3 is 2.40 bits per heavy atom. The predicted molar refractivity (Wildman–Crippen MR) is 60.3 cm³/mol. The van der Waals surface area contributed by atoms with E-state index in [0.717, 1.165) is 23.8 Å². The number of alkyl halides is 1. The van der Waals surface area contributed by atoms with Crippen molar-refractivity contribution in [3.63, 3.8) is 0 Å². The SMILES string of the molecule is CCc1nnc(CCl)n1-c1ccccc1. The lowest BCUT2D eigenvalue weighted by molar-refractivity contribution is 0.867. The van der Waals surface area contributed by atoms with E-state index in [1.54, 1.807) is 0 Å². The molecule has 0 saturated carbocycles. The van der Waals surface area contributed by atoms with Gasteiger partial charge in [0.2, 0.25) is 0 Å². The topological polar surface area (TPSA) is 30.7 Å². The van der Waals surface area contributed by atoms with E-state index in [4.69, 9.17) is 11.6 Å². The van der Waals surface area contributed by atoms with Crippen LogP contribution in [0, 0.1) is 0 Å². The van der Waals surface area contributed by atoms with E-state index in [1.165, 1.54) is 0 Å². The summed E-state index contributed by atoms with van der Waals surface area (Å²) in [6.07, 6.45) is 0.846. The van der Waals surface area contributed by atoms with Crippen molar-refractivity contribution in [2.75, 3.05) is 0 Å². The zero-order valence-corrected chi connectivity index (χ0v) is 9.28. The summed E-state index contributed by atoms with van der Waals surface area (Å²) in [5.41, 5.74) is 1.06. The highest BCUT2D eigenvalue weighted by Gasteiger charge is 2.10. The highest BCUT2D eigenvalue weighted by molar-refractivity contribution is 6.16. The standard InChI is InChI=1S/C11H12ClN3/c1-2-10-13-14-11(8-12)15(10)9-6-4-3-5-7-9/h3-7H,2,8H2,1H3. The van der Waals surface area contributed by atoms with Crippen LogP contribution < -0.4 is 0 Å². The lowest BCUT2D eigenvalue weighted by Gasteiger charge is -2.07. The fourth-order valence-electron chi connectivity index (χ4n) is 1.54. The monoisotopic (exact) mass is 221 g/mol. The van der Waals surface area contributed by atoms with Crippen molar-refractivity contribution in [1.82, 2.24) is 14.8 Å². The fraction of sp³-hybridized carbons (Fsp3) is 0.273. The number of para-hydroxylation sites is 1. The van der Waals surface area contributed by atoms with Crippen molar-refractivity contribution in [2.24, 2.45) is 0 Å². The molecule has 0 aliphatic rings. The lowest BCUT2D eigenvalue weighted by atomic mass is 10.3. The number of aromatic nitrogens is 3. The van der Waals surface area contributed by atoms with Crippen LogP contribution in [0.5, 0.6) is 0 Å². The van der Waals surface area contributed by atoms with Crippen LogP contribution in [-0.4, -0.2) is 14.8 Å². The Labute approximate surface area is 93.7 Å². The molecule has 0 unspecified atom stereocenters. The van der Waals surface area contributed by atoms with Gasteiger partial charge in [0.25, 0.3) is 0 Å². The summed E-state index contributed by atoms with van der Waals surface area (Å²) in [5.74, 6) is 2.11. The van der Waals surface area contributed by atoms with Gasteiger partial charge in [-0.25, -0.2) is 0 Å². The van der Waals surface area contributed by atoms with E-state index in [1.807, 2.05) is 34.9 Å². The maximum absolute atomic E-state index is 5.83.